The van der Waals surface area contributed by atoms with Crippen LogP contribution < -0.4 is 35.9 Å². The lowest BCUT2D eigenvalue weighted by molar-refractivity contribution is -0.347. The summed E-state index contributed by atoms with van der Waals surface area (Å²) in [4.78, 5) is 95.2. The van der Waals surface area contributed by atoms with Crippen LogP contribution in [0.4, 0.5) is 5.82 Å². The molecule has 2 amide bonds. The van der Waals surface area contributed by atoms with Gasteiger partial charge in [-0.05, 0) is 6.26 Å². The molecule has 3 heterocycles. The third-order valence-electron chi connectivity index (χ3n) is 7.00. The Morgan fingerprint density at radius 3 is 2.43 bits per heavy atom. The number of fused-ring (bicyclic) bond motifs is 1. The van der Waals surface area contributed by atoms with Crippen LogP contribution in [0.1, 0.15) is 26.5 Å². The zero-order chi connectivity index (χ0) is 39.8. The Morgan fingerprint density at radius 2 is 1.77 bits per heavy atom. The Bertz CT molecular complexity index is 1750. The van der Waals surface area contributed by atoms with Gasteiger partial charge < -0.3 is 69.0 Å². The predicted molar refractivity (Wildman–Crippen MR) is 177 cm³/mol. The number of nitrogens with zero attached hydrogens (tertiary/aromatic N) is 4. The molecule has 3 rings (SSSR count). The minimum Gasteiger partial charge on any atom is -0.790 e. The molecule has 1 fully saturated rings. The maximum atomic E-state index is 12.5. The van der Waals surface area contributed by atoms with Gasteiger partial charge in [0.1, 0.15) is 36.3 Å². The van der Waals surface area contributed by atoms with Crippen molar-refractivity contribution in [2.24, 2.45) is 5.41 Å². The number of anilines is 1. The van der Waals surface area contributed by atoms with Crippen LogP contribution in [0.25, 0.3) is 11.2 Å². The molecule has 2 unspecified atom stereocenters. The minimum absolute atomic E-state index is 0.0208. The smallest absolute Gasteiger partial charge is 0.274 e. The molecule has 24 nitrogen and oxygen atoms in total. The largest absolute Gasteiger partial charge is 0.790 e. The van der Waals surface area contributed by atoms with Crippen LogP contribution in [-0.2, 0) is 50.7 Å². The fraction of sp³-hybridized carbons (Fsp3) is 0.667. The molecule has 1 aliphatic rings. The van der Waals surface area contributed by atoms with Crippen molar-refractivity contribution in [3.8, 4) is 0 Å². The van der Waals surface area contributed by atoms with Crippen molar-refractivity contribution in [1.29, 1.82) is 0 Å². The number of carbonyl (C=O) groups is 3. The van der Waals surface area contributed by atoms with Crippen LogP contribution in [0.2, 0.25) is 0 Å². The van der Waals surface area contributed by atoms with Crippen LogP contribution in [0.15, 0.2) is 12.7 Å². The molecule has 300 valence electrons. The highest BCUT2D eigenvalue weighted by Gasteiger charge is 2.47. The number of aromatic nitrogens is 4. The SMILES string of the molecule is CSCC(=O)SCCNC(=O)CCNC(=O)[C@H](O)C(C)(C)COP(=O)([O-])OP(=O)([O-])OC[C@H]1O[C@@H](n2cnc3c(N)ncnc32)[C@H](O)[C@@H]1OP(=O)([O-])[O-]. The van der Waals surface area contributed by atoms with Crippen LogP contribution in [0, 0.1) is 5.41 Å². The Kier molecular flexibility index (Phi) is 16.4. The van der Waals surface area contributed by atoms with E-state index in [4.69, 9.17) is 10.5 Å². The number of nitrogen functional groups attached to an aromatic ring is 1. The molecule has 0 bridgehead atoms. The molecule has 7 atom stereocenters. The van der Waals surface area contributed by atoms with Gasteiger partial charge in [0.2, 0.25) is 11.8 Å². The lowest BCUT2D eigenvalue weighted by Gasteiger charge is -2.36. The standard InChI is InChI=1S/C24H40N7O17P3S2/c1-24(2,19(35)22(36)27-5-4-14(32)26-6-7-53-15(33)9-52-3)10-45-51(42,43)48-50(40,41)44-8-13-18(47-49(37,38)39)17(34)23(46-13)31-12-30-16-20(25)28-11-29-21(16)31/h11-13,17-19,23,34-35H,4-10H2,1-3H3,(H,26,32)(H,27,36)(H,40,41)(H,42,43)(H2,25,28,29)(H2,37,38,39)/p-4/t13-,17-,18-,19+,23-/m1/s1. The first-order chi connectivity index (χ1) is 24.6. The summed E-state index contributed by atoms with van der Waals surface area (Å²) >= 11 is 2.43. The van der Waals surface area contributed by atoms with Crippen molar-refractivity contribution in [3.05, 3.63) is 12.7 Å². The Morgan fingerprint density at radius 1 is 1.09 bits per heavy atom. The number of imidazole rings is 1. The Labute approximate surface area is 309 Å². The van der Waals surface area contributed by atoms with Gasteiger partial charge in [-0.1, -0.05) is 25.6 Å². The van der Waals surface area contributed by atoms with E-state index in [0.717, 1.165) is 29.0 Å². The van der Waals surface area contributed by atoms with Crippen molar-refractivity contribution in [2.75, 3.05) is 49.8 Å². The number of nitrogens with one attached hydrogen (secondary N) is 2. The van der Waals surface area contributed by atoms with E-state index in [9.17, 15) is 57.9 Å². The highest BCUT2D eigenvalue weighted by Crippen LogP contribution is 2.56. The number of amides is 2. The average Bonchev–Trinajstić information content (AvgIpc) is 3.61. The summed E-state index contributed by atoms with van der Waals surface area (Å²) in [6.07, 6.45) is -5.78. The number of nitrogens with two attached hydrogens (primary N) is 1. The van der Waals surface area contributed by atoms with Crippen molar-refractivity contribution in [2.45, 2.75) is 50.9 Å². The number of hydrogen-bond donors (Lipinski definition) is 5. The first-order valence-corrected chi connectivity index (χ1v) is 21.8. The van der Waals surface area contributed by atoms with E-state index in [0.29, 0.717) is 11.5 Å². The third-order valence-corrected chi connectivity index (χ3v) is 11.6. The van der Waals surface area contributed by atoms with Crippen LogP contribution >= 0.6 is 47.0 Å². The highest BCUT2D eigenvalue weighted by molar-refractivity contribution is 8.15. The van der Waals surface area contributed by atoms with Gasteiger partial charge >= 0.3 is 0 Å². The quantitative estimate of drug-likeness (QED) is 0.0601. The van der Waals surface area contributed by atoms with Crippen LogP contribution in [0.3, 0.4) is 0 Å². The van der Waals surface area contributed by atoms with E-state index in [1.165, 1.54) is 25.6 Å². The molecule has 6 N–H and O–H groups in total. The maximum absolute atomic E-state index is 12.5. The second-order valence-electron chi connectivity index (χ2n) is 11.6. The van der Waals surface area contributed by atoms with Gasteiger partial charge in [-0.25, -0.2) is 19.3 Å². The fourth-order valence-corrected chi connectivity index (χ4v) is 8.52. The van der Waals surface area contributed by atoms with E-state index < -0.39 is 84.6 Å². The van der Waals surface area contributed by atoms with Gasteiger partial charge in [0.25, 0.3) is 15.6 Å². The lowest BCUT2D eigenvalue weighted by Crippen LogP contribution is -2.46. The lowest BCUT2D eigenvalue weighted by atomic mass is 9.87. The summed E-state index contributed by atoms with van der Waals surface area (Å²) in [5.41, 5.74) is 4.07. The number of aliphatic hydroxyl groups is 2. The first kappa shape index (κ1) is 45.3. The normalized spacial score (nSPS) is 22.2. The van der Waals surface area contributed by atoms with Gasteiger partial charge in [0.15, 0.2) is 22.8 Å². The number of thioether (sulfide) groups is 2. The molecule has 1 saturated heterocycles. The van der Waals surface area contributed by atoms with Crippen molar-refractivity contribution in [3.63, 3.8) is 0 Å². The maximum Gasteiger partial charge on any atom is 0.274 e. The molecule has 2 aromatic heterocycles. The van der Waals surface area contributed by atoms with Gasteiger partial charge in [0.05, 0.1) is 33.1 Å². The number of hydrogen-bond acceptors (Lipinski definition) is 23. The van der Waals surface area contributed by atoms with E-state index >= 15 is 0 Å². The number of aliphatic hydroxyl groups excluding tert-OH is 2. The van der Waals surface area contributed by atoms with Crippen molar-refractivity contribution in [1.82, 2.24) is 30.2 Å². The summed E-state index contributed by atoms with van der Waals surface area (Å²) in [5, 5.41) is 26.1. The van der Waals surface area contributed by atoms with E-state index in [-0.39, 0.29) is 41.6 Å². The summed E-state index contributed by atoms with van der Waals surface area (Å²) < 4.78 is 60.3. The summed E-state index contributed by atoms with van der Waals surface area (Å²) in [5.74, 6) is -0.847. The second kappa shape index (κ2) is 19.2. The summed E-state index contributed by atoms with van der Waals surface area (Å²) in [7, 11) is -17.6. The minimum atomic E-state index is -5.91. The molecule has 0 spiro atoms. The number of rotatable bonds is 21. The molecule has 29 heteroatoms. The van der Waals surface area contributed by atoms with Crippen molar-refractivity contribution >= 4 is 80.9 Å². The molecule has 1 aliphatic heterocycles. The molecular formula is C24H36N7O17P3S2-4. The number of ether oxygens (including phenoxy) is 1. The third kappa shape index (κ3) is 13.9. The van der Waals surface area contributed by atoms with Gasteiger partial charge in [-0.3, -0.25) is 28.1 Å². The molecule has 0 saturated carbocycles. The molecule has 0 aromatic carbocycles. The van der Waals surface area contributed by atoms with Gasteiger partial charge in [-0.15, -0.1) is 0 Å². The van der Waals surface area contributed by atoms with Crippen LogP contribution in [-0.4, -0.2) is 115 Å². The Hall–Kier alpha value is -2.09. The fourth-order valence-electron chi connectivity index (χ4n) is 4.43. The summed E-state index contributed by atoms with van der Waals surface area (Å²) in [6.45, 7) is 0.123. The number of carbonyl (C=O) groups excluding carboxylic acids is 3. The molecular weight excluding hydrogens is 815 g/mol. The first-order valence-electron chi connectivity index (χ1n) is 15.0. The topological polar surface area (TPSA) is 375 Å². The second-order valence-corrected chi connectivity index (χ2v) is 17.7. The number of phosphoric ester groups is 3. The van der Waals surface area contributed by atoms with Gasteiger partial charge in [-0.2, -0.15) is 11.8 Å². The zero-order valence-electron chi connectivity index (χ0n) is 28.0. The molecule has 53 heavy (non-hydrogen) atoms. The van der Waals surface area contributed by atoms with E-state index in [1.54, 1.807) is 6.26 Å². The molecule has 0 radical (unpaired) electrons. The van der Waals surface area contributed by atoms with Crippen molar-refractivity contribution < 1.29 is 80.5 Å². The Balaban J connectivity index is 1.52. The average molecular weight is 852 g/mol. The highest BCUT2D eigenvalue weighted by atomic mass is 32.2. The predicted octanol–water partition coefficient (Wildman–Crippen LogP) is -3.50. The monoisotopic (exact) mass is 851 g/mol. The number of phosphoric acid groups is 3. The van der Waals surface area contributed by atoms with E-state index in [2.05, 4.69) is 43.5 Å². The zero-order valence-corrected chi connectivity index (χ0v) is 32.3. The van der Waals surface area contributed by atoms with Crippen LogP contribution in [0.5, 0.6) is 0 Å². The molecule has 0 aliphatic carbocycles. The molecule has 2 aromatic rings. The summed E-state index contributed by atoms with van der Waals surface area (Å²) in [6, 6.07) is 0. The van der Waals surface area contributed by atoms with Gasteiger partial charge in [0, 0.05) is 30.7 Å². The van der Waals surface area contributed by atoms with E-state index in [1.807, 2.05) is 0 Å².